The van der Waals surface area contributed by atoms with Crippen LogP contribution in [0.2, 0.25) is 0 Å². The van der Waals surface area contributed by atoms with Gasteiger partial charge in [0.2, 0.25) is 0 Å². The second kappa shape index (κ2) is 3.40. The van der Waals surface area contributed by atoms with Crippen LogP contribution in [0, 0.1) is 0 Å². The minimum absolute atomic E-state index is 0.396. The van der Waals surface area contributed by atoms with Crippen molar-refractivity contribution in [1.82, 2.24) is 0 Å². The van der Waals surface area contributed by atoms with Crippen LogP contribution < -0.4 is 0 Å². The molecule has 0 aliphatic carbocycles. The summed E-state index contributed by atoms with van der Waals surface area (Å²) in [5.41, 5.74) is 0.979. The van der Waals surface area contributed by atoms with Crippen molar-refractivity contribution in [2.24, 2.45) is 0 Å². The molecule has 0 heterocycles. The van der Waals surface area contributed by atoms with Gasteiger partial charge in [-0.25, -0.2) is 0 Å². The maximum atomic E-state index is 9.44. The Hall–Kier alpha value is -0.790. The number of carbonyl (C=O) groups is 1. The van der Waals surface area contributed by atoms with E-state index in [1.165, 1.54) is 6.26 Å². The summed E-state index contributed by atoms with van der Waals surface area (Å²) in [4.78, 5) is 9.44. The van der Waals surface area contributed by atoms with Crippen LogP contribution in [-0.4, -0.2) is 6.47 Å². The van der Waals surface area contributed by atoms with Gasteiger partial charge in [0.25, 0.3) is 6.47 Å². The summed E-state index contributed by atoms with van der Waals surface area (Å²) in [6.45, 7) is 4.10. The highest BCUT2D eigenvalue weighted by Crippen LogP contribution is 1.85. The highest BCUT2D eigenvalue weighted by Gasteiger charge is 1.71. The minimum atomic E-state index is 0.396. The Labute approximate surface area is 42.8 Å². The third kappa shape index (κ3) is 5.21. The van der Waals surface area contributed by atoms with E-state index in [0.29, 0.717) is 6.47 Å². The molecule has 0 aliphatic heterocycles. The highest BCUT2D eigenvalue weighted by atomic mass is 16.5. The van der Waals surface area contributed by atoms with Crippen molar-refractivity contribution >= 4 is 6.47 Å². The molecule has 0 aliphatic rings. The topological polar surface area (TPSA) is 26.3 Å². The Balaban J connectivity index is 3.25. The molecule has 0 N–H and O–H groups in total. The van der Waals surface area contributed by atoms with Crippen LogP contribution in [0.5, 0.6) is 0 Å². The zero-order valence-electron chi connectivity index (χ0n) is 4.47. The van der Waals surface area contributed by atoms with Gasteiger partial charge in [-0.15, -0.1) is 0 Å². The van der Waals surface area contributed by atoms with Gasteiger partial charge in [-0.05, 0) is 19.4 Å². The lowest BCUT2D eigenvalue weighted by atomic mass is 10.4. The second-order valence-electron chi connectivity index (χ2n) is 1.43. The average Bonchev–Trinajstić information content (AvgIpc) is 1.61. The molecule has 2 heteroatoms. The van der Waals surface area contributed by atoms with Crippen molar-refractivity contribution in [2.45, 2.75) is 13.8 Å². The normalized spacial score (nSPS) is 7.14. The van der Waals surface area contributed by atoms with Gasteiger partial charge in [0.05, 0.1) is 6.26 Å². The fraction of sp³-hybridized carbons (Fsp3) is 0.400. The number of carbonyl (C=O) groups excluding carboxylic acids is 1. The number of hydrogen-bond acceptors (Lipinski definition) is 2. The summed E-state index contributed by atoms with van der Waals surface area (Å²) < 4.78 is 4.25. The van der Waals surface area contributed by atoms with E-state index in [1.807, 2.05) is 13.8 Å². The summed E-state index contributed by atoms with van der Waals surface area (Å²) in [5.74, 6) is 0. The van der Waals surface area contributed by atoms with Crippen LogP contribution in [0.1, 0.15) is 13.8 Å². The lowest BCUT2D eigenvalue weighted by molar-refractivity contribution is -0.123. The van der Waals surface area contributed by atoms with Crippen molar-refractivity contribution in [1.29, 1.82) is 0 Å². The first-order valence-corrected chi connectivity index (χ1v) is 2.00. The van der Waals surface area contributed by atoms with E-state index in [2.05, 4.69) is 4.74 Å². The van der Waals surface area contributed by atoms with Crippen LogP contribution in [0.25, 0.3) is 0 Å². The molecule has 0 saturated heterocycles. The van der Waals surface area contributed by atoms with Crippen molar-refractivity contribution in [3.05, 3.63) is 11.8 Å². The predicted molar refractivity (Wildman–Crippen MR) is 26.6 cm³/mol. The summed E-state index contributed by atoms with van der Waals surface area (Å²) >= 11 is 0. The Kier molecular flexibility index (Phi) is 3.02. The number of rotatable bonds is 2. The standard InChI is InChI=1S/C5H8O2/c1-5(2)3-7-4-6/h3-4H,1-2H3. The molecule has 0 atom stereocenters. The Bertz CT molecular complexity index is 80.1. The van der Waals surface area contributed by atoms with E-state index in [1.54, 1.807) is 0 Å². The average molecular weight is 100 g/mol. The van der Waals surface area contributed by atoms with Crippen LogP contribution in [-0.2, 0) is 9.53 Å². The molecule has 0 amide bonds. The second-order valence-corrected chi connectivity index (χ2v) is 1.43. The molecular formula is C5H8O2. The highest BCUT2D eigenvalue weighted by molar-refractivity contribution is 5.38. The number of allylic oxidation sites excluding steroid dienone is 1. The van der Waals surface area contributed by atoms with E-state index in [0.717, 1.165) is 5.57 Å². The molecule has 0 unspecified atom stereocenters. The molecule has 0 spiro atoms. The molecule has 0 radical (unpaired) electrons. The lowest BCUT2D eigenvalue weighted by Gasteiger charge is -1.83. The Morgan fingerprint density at radius 2 is 2.14 bits per heavy atom. The van der Waals surface area contributed by atoms with E-state index in [-0.39, 0.29) is 0 Å². The van der Waals surface area contributed by atoms with Gasteiger partial charge in [-0.3, -0.25) is 4.79 Å². The smallest absolute Gasteiger partial charge is 0.297 e. The molecule has 0 aromatic rings. The first kappa shape index (κ1) is 6.21. The molecule has 0 fully saturated rings. The molecule has 40 valence electrons. The van der Waals surface area contributed by atoms with Gasteiger partial charge in [0.1, 0.15) is 0 Å². The van der Waals surface area contributed by atoms with Crippen LogP contribution in [0.15, 0.2) is 11.8 Å². The zero-order chi connectivity index (χ0) is 5.70. The molecule has 0 aromatic heterocycles. The molecule has 0 aromatic carbocycles. The quantitative estimate of drug-likeness (QED) is 0.383. The zero-order valence-corrected chi connectivity index (χ0v) is 4.47. The van der Waals surface area contributed by atoms with Crippen molar-refractivity contribution < 1.29 is 9.53 Å². The van der Waals surface area contributed by atoms with Crippen molar-refractivity contribution in [3.63, 3.8) is 0 Å². The first-order chi connectivity index (χ1) is 3.27. The van der Waals surface area contributed by atoms with Gasteiger partial charge >= 0.3 is 0 Å². The maximum absolute atomic E-state index is 9.44. The molecular weight excluding hydrogens is 92.1 g/mol. The van der Waals surface area contributed by atoms with Gasteiger partial charge in [-0.1, -0.05) is 0 Å². The van der Waals surface area contributed by atoms with Crippen LogP contribution in [0.4, 0.5) is 0 Å². The summed E-state index contributed by atoms with van der Waals surface area (Å²) in [7, 11) is 0. The van der Waals surface area contributed by atoms with Crippen molar-refractivity contribution in [3.8, 4) is 0 Å². The third-order valence-electron chi connectivity index (χ3n) is 0.359. The van der Waals surface area contributed by atoms with Crippen LogP contribution in [0.3, 0.4) is 0 Å². The van der Waals surface area contributed by atoms with E-state index >= 15 is 0 Å². The Morgan fingerprint density at radius 1 is 1.57 bits per heavy atom. The minimum Gasteiger partial charge on any atom is -0.437 e. The van der Waals surface area contributed by atoms with Gasteiger partial charge < -0.3 is 4.74 Å². The van der Waals surface area contributed by atoms with Gasteiger partial charge in [0.15, 0.2) is 0 Å². The largest absolute Gasteiger partial charge is 0.437 e. The molecule has 0 rings (SSSR count). The third-order valence-corrected chi connectivity index (χ3v) is 0.359. The molecule has 0 saturated carbocycles. The number of hydrogen-bond donors (Lipinski definition) is 0. The van der Waals surface area contributed by atoms with Gasteiger partial charge in [0, 0.05) is 0 Å². The monoisotopic (exact) mass is 100 g/mol. The fourth-order valence-electron chi connectivity index (χ4n) is 0.164. The van der Waals surface area contributed by atoms with Gasteiger partial charge in [-0.2, -0.15) is 0 Å². The molecule has 0 bridgehead atoms. The van der Waals surface area contributed by atoms with E-state index < -0.39 is 0 Å². The predicted octanol–water partition coefficient (Wildman–Crippen LogP) is 1.08. The van der Waals surface area contributed by atoms with Crippen molar-refractivity contribution in [2.75, 3.05) is 0 Å². The summed E-state index contributed by atoms with van der Waals surface area (Å²) in [6.07, 6.45) is 1.40. The van der Waals surface area contributed by atoms with E-state index in [9.17, 15) is 4.79 Å². The van der Waals surface area contributed by atoms with Crippen LogP contribution >= 0.6 is 0 Å². The number of ether oxygens (including phenoxy) is 1. The summed E-state index contributed by atoms with van der Waals surface area (Å²) in [6, 6.07) is 0. The SMILES string of the molecule is CC(C)=COC=O. The molecule has 7 heavy (non-hydrogen) atoms. The maximum Gasteiger partial charge on any atom is 0.297 e. The van der Waals surface area contributed by atoms with E-state index in [4.69, 9.17) is 0 Å². The lowest BCUT2D eigenvalue weighted by Crippen LogP contribution is -1.73. The first-order valence-electron chi connectivity index (χ1n) is 2.00. The Morgan fingerprint density at radius 3 is 2.29 bits per heavy atom. The molecule has 2 nitrogen and oxygen atoms in total. The fourth-order valence-corrected chi connectivity index (χ4v) is 0.164. The summed E-state index contributed by atoms with van der Waals surface area (Å²) in [5, 5.41) is 0.